The highest BCUT2D eigenvalue weighted by atomic mass is 32.1. The second kappa shape index (κ2) is 8.44. The van der Waals surface area contributed by atoms with Gasteiger partial charge in [0.1, 0.15) is 5.69 Å². The molecule has 0 fully saturated rings. The number of aromatic nitrogens is 3. The molecule has 4 aromatic rings. The zero-order valence-corrected chi connectivity index (χ0v) is 17.2. The summed E-state index contributed by atoms with van der Waals surface area (Å²) in [7, 11) is 3.68. The largest absolute Gasteiger partial charge is 0.409 e. The summed E-state index contributed by atoms with van der Waals surface area (Å²) in [6, 6.07) is 15.5. The van der Waals surface area contributed by atoms with E-state index in [1.807, 2.05) is 62.6 Å². The van der Waals surface area contributed by atoms with E-state index in [9.17, 15) is 9.59 Å². The number of nitrogens with one attached hydrogen (secondary N) is 1. The summed E-state index contributed by atoms with van der Waals surface area (Å²) < 4.78 is 6.54. The molecule has 8 nitrogen and oxygen atoms in total. The molecular weight excluding hydrogens is 402 g/mol. The number of amides is 1. The number of thiazole rings is 1. The number of hydrogen-bond donors (Lipinski definition) is 1. The van der Waals surface area contributed by atoms with Gasteiger partial charge in [-0.25, -0.2) is 4.68 Å². The average molecular weight is 421 g/mol. The van der Waals surface area contributed by atoms with Gasteiger partial charge in [-0.1, -0.05) is 41.7 Å². The Morgan fingerprint density at radius 2 is 2.03 bits per heavy atom. The summed E-state index contributed by atoms with van der Waals surface area (Å²) in [4.78, 5) is 28.9. The van der Waals surface area contributed by atoms with E-state index in [0.29, 0.717) is 17.3 Å². The molecule has 152 valence electrons. The van der Waals surface area contributed by atoms with E-state index in [4.69, 9.17) is 9.84 Å². The van der Waals surface area contributed by atoms with Gasteiger partial charge in [-0.3, -0.25) is 9.59 Å². The van der Waals surface area contributed by atoms with Gasteiger partial charge in [0.2, 0.25) is 16.9 Å². The van der Waals surface area contributed by atoms with Gasteiger partial charge in [0.15, 0.2) is 0 Å². The maximum atomic E-state index is 12.2. The topological polar surface area (TPSA) is 89.3 Å². The second-order valence-electron chi connectivity index (χ2n) is 6.83. The van der Waals surface area contributed by atoms with E-state index in [2.05, 4.69) is 10.3 Å². The van der Waals surface area contributed by atoms with Crippen LogP contribution in [0.1, 0.15) is 0 Å². The third kappa shape index (κ3) is 4.07. The molecule has 1 amide bonds. The van der Waals surface area contributed by atoms with E-state index in [-0.39, 0.29) is 18.3 Å². The number of benzene rings is 2. The van der Waals surface area contributed by atoms with E-state index >= 15 is 0 Å². The van der Waals surface area contributed by atoms with Crippen molar-refractivity contribution in [3.8, 4) is 22.3 Å². The van der Waals surface area contributed by atoms with Gasteiger partial charge in [-0.05, 0) is 32.3 Å². The molecule has 0 atom stereocenters. The third-order valence-corrected chi connectivity index (χ3v) is 5.09. The maximum Gasteiger partial charge on any atom is 0.299 e. The zero-order valence-electron chi connectivity index (χ0n) is 16.4. The zero-order chi connectivity index (χ0) is 21.1. The van der Waals surface area contributed by atoms with E-state index < -0.39 is 0 Å². The van der Waals surface area contributed by atoms with Gasteiger partial charge in [-0.2, -0.15) is 10.1 Å². The number of likely N-dealkylation sites (N-methyl/N-ethyl adjacent to an activating group) is 1. The maximum absolute atomic E-state index is 12.2. The number of nitrogens with zero attached hydrogens (tertiary/aromatic N) is 4. The Morgan fingerprint density at radius 3 is 2.77 bits per heavy atom. The molecule has 0 spiro atoms. The summed E-state index contributed by atoms with van der Waals surface area (Å²) >= 11 is 1.31. The van der Waals surface area contributed by atoms with Gasteiger partial charge < -0.3 is 15.0 Å². The molecule has 0 saturated carbocycles. The Labute approximate surface area is 176 Å². The van der Waals surface area contributed by atoms with Crippen molar-refractivity contribution in [2.45, 2.75) is 0 Å². The van der Waals surface area contributed by atoms with Crippen molar-refractivity contribution in [3.05, 3.63) is 53.9 Å². The van der Waals surface area contributed by atoms with Gasteiger partial charge in [0.25, 0.3) is 6.47 Å². The third-order valence-electron chi connectivity index (χ3n) is 4.29. The summed E-state index contributed by atoms with van der Waals surface area (Å²) in [6.07, 6.45) is 0. The summed E-state index contributed by atoms with van der Waals surface area (Å²) in [5.41, 5.74) is 3.20. The van der Waals surface area contributed by atoms with Crippen LogP contribution in [-0.4, -0.2) is 52.7 Å². The highest BCUT2D eigenvalue weighted by Crippen LogP contribution is 2.33. The number of carbonyl (C=O) groups is 2. The minimum atomic E-state index is -0.107. The molecule has 0 aliphatic heterocycles. The Bertz CT molecular complexity index is 1200. The van der Waals surface area contributed by atoms with Gasteiger partial charge in [0, 0.05) is 16.6 Å². The highest BCUT2D eigenvalue weighted by molar-refractivity contribution is 7.12. The van der Waals surface area contributed by atoms with Crippen molar-refractivity contribution in [2.75, 3.05) is 26.0 Å². The Hall–Kier alpha value is -3.56. The lowest BCUT2D eigenvalue weighted by Crippen LogP contribution is -2.27. The van der Waals surface area contributed by atoms with Crippen molar-refractivity contribution in [2.24, 2.45) is 0 Å². The highest BCUT2D eigenvalue weighted by Gasteiger charge is 2.17. The lowest BCUT2D eigenvalue weighted by atomic mass is 10.1. The number of rotatable bonds is 7. The molecule has 9 heteroatoms. The van der Waals surface area contributed by atoms with Crippen molar-refractivity contribution in [1.82, 2.24) is 19.7 Å². The minimum absolute atomic E-state index is 0.107. The van der Waals surface area contributed by atoms with Crippen LogP contribution >= 0.6 is 11.3 Å². The molecule has 0 radical (unpaired) electrons. The number of ether oxygens (including phenoxy) is 1. The normalized spacial score (nSPS) is 11.0. The van der Waals surface area contributed by atoms with Crippen LogP contribution in [0.2, 0.25) is 0 Å². The fraction of sp³-hybridized carbons (Fsp3) is 0.143. The Kier molecular flexibility index (Phi) is 5.55. The number of anilines is 1. The van der Waals surface area contributed by atoms with Crippen LogP contribution in [0.25, 0.3) is 27.3 Å². The van der Waals surface area contributed by atoms with Crippen LogP contribution in [0.15, 0.2) is 53.9 Å². The van der Waals surface area contributed by atoms with Crippen LogP contribution in [-0.2, 0) is 9.59 Å². The summed E-state index contributed by atoms with van der Waals surface area (Å²) in [6.45, 7) is 0.624. The van der Waals surface area contributed by atoms with Crippen LogP contribution in [0.5, 0.6) is 5.88 Å². The van der Waals surface area contributed by atoms with Gasteiger partial charge in [0.05, 0.1) is 17.4 Å². The summed E-state index contributed by atoms with van der Waals surface area (Å²) in [5.74, 6) is 0.106. The first kappa shape index (κ1) is 19.7. The van der Waals surface area contributed by atoms with E-state index in [1.54, 1.807) is 15.0 Å². The fourth-order valence-electron chi connectivity index (χ4n) is 3.09. The SMILES string of the molecule is CN(C)CC(=O)Nc1ccc2c(-c3ccccc3)nn(-c3nc(OC=O)cs3)c2c1. The first-order valence-electron chi connectivity index (χ1n) is 9.14. The molecular formula is C21H19N5O3S. The molecule has 0 saturated heterocycles. The fourth-order valence-corrected chi connectivity index (χ4v) is 3.78. The molecule has 4 rings (SSSR count). The molecule has 0 bridgehead atoms. The smallest absolute Gasteiger partial charge is 0.299 e. The van der Waals surface area contributed by atoms with Crippen molar-refractivity contribution >= 4 is 40.3 Å². The first-order chi connectivity index (χ1) is 14.5. The minimum Gasteiger partial charge on any atom is -0.409 e. The van der Waals surface area contributed by atoms with Crippen molar-refractivity contribution in [3.63, 3.8) is 0 Å². The molecule has 2 aromatic carbocycles. The quantitative estimate of drug-likeness (QED) is 0.461. The van der Waals surface area contributed by atoms with Crippen LogP contribution in [0.3, 0.4) is 0 Å². The van der Waals surface area contributed by atoms with Crippen molar-refractivity contribution in [1.29, 1.82) is 0 Å². The van der Waals surface area contributed by atoms with Crippen molar-refractivity contribution < 1.29 is 14.3 Å². The molecule has 0 aliphatic rings. The van der Waals surface area contributed by atoms with Crippen LogP contribution in [0, 0.1) is 0 Å². The van der Waals surface area contributed by atoms with E-state index in [0.717, 1.165) is 22.2 Å². The molecule has 2 aromatic heterocycles. The molecule has 1 N–H and O–H groups in total. The van der Waals surface area contributed by atoms with Crippen LogP contribution in [0.4, 0.5) is 5.69 Å². The van der Waals surface area contributed by atoms with E-state index in [1.165, 1.54) is 11.3 Å². The van der Waals surface area contributed by atoms with Gasteiger partial charge >= 0.3 is 0 Å². The summed E-state index contributed by atoms with van der Waals surface area (Å²) in [5, 5.41) is 10.8. The standard InChI is InChI=1S/C21H19N5O3S/c1-25(2)11-18(28)22-15-8-9-16-17(10-15)26(21-23-19(12-30-21)29-13-27)24-20(16)14-6-4-3-5-7-14/h3-10,12-13H,11H2,1-2H3,(H,22,28). The van der Waals surface area contributed by atoms with Gasteiger partial charge in [-0.15, -0.1) is 0 Å². The molecule has 2 heterocycles. The molecule has 0 unspecified atom stereocenters. The number of fused-ring (bicyclic) bond motifs is 1. The Morgan fingerprint density at radius 1 is 1.23 bits per heavy atom. The predicted octanol–water partition coefficient (Wildman–Crippen LogP) is 3.18. The first-order valence-corrected chi connectivity index (χ1v) is 10.0. The number of hydrogen-bond acceptors (Lipinski definition) is 7. The lowest BCUT2D eigenvalue weighted by molar-refractivity contribution is -0.121. The number of carbonyl (C=O) groups excluding carboxylic acids is 2. The Balaban J connectivity index is 1.82. The average Bonchev–Trinajstić information content (AvgIpc) is 3.32. The lowest BCUT2D eigenvalue weighted by Gasteiger charge is -2.10. The van der Waals surface area contributed by atoms with Crippen LogP contribution < -0.4 is 10.1 Å². The second-order valence-corrected chi connectivity index (χ2v) is 7.66. The molecule has 0 aliphatic carbocycles. The molecule has 30 heavy (non-hydrogen) atoms. The predicted molar refractivity (Wildman–Crippen MR) is 116 cm³/mol. The monoisotopic (exact) mass is 421 g/mol.